The molecule has 1 fully saturated rings. The number of hydrogen-bond donors (Lipinski definition) is 1. The highest BCUT2D eigenvalue weighted by Gasteiger charge is 2.42. The Morgan fingerprint density at radius 2 is 1.89 bits per heavy atom. The first-order valence-corrected chi connectivity index (χ1v) is 6.59. The third kappa shape index (κ3) is 2.45. The van der Waals surface area contributed by atoms with Gasteiger partial charge in [0, 0.05) is 30.1 Å². The van der Waals surface area contributed by atoms with Gasteiger partial charge in [-0.1, -0.05) is 19.9 Å². The van der Waals surface area contributed by atoms with Crippen LogP contribution in [-0.4, -0.2) is 28.2 Å². The zero-order valence-corrected chi connectivity index (χ0v) is 11.5. The topological polar surface area (TPSA) is 62.3 Å². The van der Waals surface area contributed by atoms with Crippen LogP contribution >= 0.6 is 0 Å². The van der Waals surface area contributed by atoms with Crippen molar-refractivity contribution in [1.82, 2.24) is 9.88 Å². The predicted molar refractivity (Wildman–Crippen MR) is 72.3 cm³/mol. The van der Waals surface area contributed by atoms with Gasteiger partial charge in [0.05, 0.1) is 6.54 Å². The Morgan fingerprint density at radius 3 is 2.47 bits per heavy atom. The SMILES string of the molecule is CCNc1ncccc1CN1C(=O)C(C)C(C)C1=O. The van der Waals surface area contributed by atoms with Gasteiger partial charge in [-0.15, -0.1) is 0 Å². The summed E-state index contributed by atoms with van der Waals surface area (Å²) in [5.74, 6) is 0.0870. The lowest BCUT2D eigenvalue weighted by atomic mass is 10.00. The molecule has 5 heteroatoms. The van der Waals surface area contributed by atoms with Crippen molar-refractivity contribution in [3.05, 3.63) is 23.9 Å². The summed E-state index contributed by atoms with van der Waals surface area (Å²) < 4.78 is 0. The molecular formula is C14H19N3O2. The molecule has 1 aliphatic rings. The minimum atomic E-state index is -0.230. The maximum absolute atomic E-state index is 12.1. The van der Waals surface area contributed by atoms with E-state index < -0.39 is 0 Å². The lowest BCUT2D eigenvalue weighted by molar-refractivity contribution is -0.140. The van der Waals surface area contributed by atoms with Gasteiger partial charge in [0.15, 0.2) is 0 Å². The molecule has 2 atom stereocenters. The smallest absolute Gasteiger partial charge is 0.233 e. The fourth-order valence-electron chi connectivity index (χ4n) is 2.25. The molecule has 102 valence electrons. The number of rotatable bonds is 4. The van der Waals surface area contributed by atoms with E-state index >= 15 is 0 Å². The predicted octanol–water partition coefficient (Wildman–Crippen LogP) is 1.65. The first kappa shape index (κ1) is 13.5. The van der Waals surface area contributed by atoms with Crippen LogP contribution in [-0.2, 0) is 16.1 Å². The lowest BCUT2D eigenvalue weighted by Crippen LogP contribution is -2.30. The minimum Gasteiger partial charge on any atom is -0.370 e. The van der Waals surface area contributed by atoms with Crippen molar-refractivity contribution in [3.63, 3.8) is 0 Å². The number of anilines is 1. The van der Waals surface area contributed by atoms with Crippen LogP contribution in [0.3, 0.4) is 0 Å². The van der Waals surface area contributed by atoms with Crippen molar-refractivity contribution in [2.45, 2.75) is 27.3 Å². The van der Waals surface area contributed by atoms with Crippen LogP contribution in [0.1, 0.15) is 26.3 Å². The number of likely N-dealkylation sites (tertiary alicyclic amines) is 1. The zero-order chi connectivity index (χ0) is 14.0. The van der Waals surface area contributed by atoms with E-state index in [0.717, 1.165) is 17.9 Å². The summed E-state index contributed by atoms with van der Waals surface area (Å²) in [6.45, 7) is 6.63. The van der Waals surface area contributed by atoms with Gasteiger partial charge in [0.1, 0.15) is 5.82 Å². The largest absolute Gasteiger partial charge is 0.370 e. The van der Waals surface area contributed by atoms with E-state index in [-0.39, 0.29) is 23.7 Å². The number of amides is 2. The van der Waals surface area contributed by atoms with Crippen molar-refractivity contribution < 1.29 is 9.59 Å². The summed E-state index contributed by atoms with van der Waals surface area (Å²) in [5, 5.41) is 3.14. The summed E-state index contributed by atoms with van der Waals surface area (Å²) in [4.78, 5) is 29.7. The number of hydrogen-bond acceptors (Lipinski definition) is 4. The Hall–Kier alpha value is -1.91. The summed E-state index contributed by atoms with van der Waals surface area (Å²) in [6, 6.07) is 3.70. The second kappa shape index (κ2) is 5.38. The molecule has 1 aliphatic heterocycles. The molecular weight excluding hydrogens is 242 g/mol. The highest BCUT2D eigenvalue weighted by atomic mass is 16.2. The molecule has 0 aromatic carbocycles. The third-order valence-electron chi connectivity index (χ3n) is 3.63. The van der Waals surface area contributed by atoms with E-state index in [9.17, 15) is 9.59 Å². The monoisotopic (exact) mass is 261 g/mol. The molecule has 19 heavy (non-hydrogen) atoms. The van der Waals surface area contributed by atoms with Crippen LogP contribution in [0.4, 0.5) is 5.82 Å². The summed E-state index contributed by atoms with van der Waals surface area (Å²) in [5.41, 5.74) is 0.868. The molecule has 5 nitrogen and oxygen atoms in total. The van der Waals surface area contributed by atoms with Crippen molar-refractivity contribution >= 4 is 17.6 Å². The van der Waals surface area contributed by atoms with Gasteiger partial charge in [-0.05, 0) is 13.0 Å². The highest BCUT2D eigenvalue weighted by Crippen LogP contribution is 2.27. The molecule has 0 saturated carbocycles. The number of nitrogens with zero attached hydrogens (tertiary/aromatic N) is 2. The van der Waals surface area contributed by atoms with E-state index in [1.807, 2.05) is 19.1 Å². The molecule has 2 heterocycles. The molecule has 0 spiro atoms. The van der Waals surface area contributed by atoms with Crippen LogP contribution in [0.2, 0.25) is 0 Å². The molecule has 2 rings (SSSR count). The maximum atomic E-state index is 12.1. The molecule has 2 amide bonds. The molecule has 1 aromatic rings. The second-order valence-electron chi connectivity index (χ2n) is 4.88. The van der Waals surface area contributed by atoms with Crippen LogP contribution in [0.25, 0.3) is 0 Å². The number of carbonyl (C=O) groups excluding carboxylic acids is 2. The van der Waals surface area contributed by atoms with Crippen LogP contribution in [0.15, 0.2) is 18.3 Å². The fraction of sp³-hybridized carbons (Fsp3) is 0.500. The lowest BCUT2D eigenvalue weighted by Gasteiger charge is -2.16. The van der Waals surface area contributed by atoms with Gasteiger partial charge in [0.2, 0.25) is 11.8 Å². The summed E-state index contributed by atoms with van der Waals surface area (Å²) >= 11 is 0. The number of carbonyl (C=O) groups is 2. The third-order valence-corrected chi connectivity index (χ3v) is 3.63. The van der Waals surface area contributed by atoms with Crippen molar-refractivity contribution in [1.29, 1.82) is 0 Å². The standard InChI is InChI=1S/C14H19N3O2/c1-4-15-12-11(6-5-7-16-12)8-17-13(18)9(2)10(3)14(17)19/h5-7,9-10H,4,8H2,1-3H3,(H,15,16). The molecule has 0 bridgehead atoms. The van der Waals surface area contributed by atoms with Gasteiger partial charge in [0.25, 0.3) is 0 Å². The number of imide groups is 1. The zero-order valence-electron chi connectivity index (χ0n) is 11.5. The quantitative estimate of drug-likeness (QED) is 0.837. The number of pyridine rings is 1. The molecule has 0 aliphatic carbocycles. The van der Waals surface area contributed by atoms with E-state index in [1.54, 1.807) is 20.0 Å². The Balaban J connectivity index is 2.22. The van der Waals surface area contributed by atoms with Crippen LogP contribution in [0, 0.1) is 11.8 Å². The molecule has 1 aromatic heterocycles. The second-order valence-corrected chi connectivity index (χ2v) is 4.88. The fourth-order valence-corrected chi connectivity index (χ4v) is 2.25. The Labute approximate surface area is 113 Å². The van der Waals surface area contributed by atoms with E-state index in [0.29, 0.717) is 6.54 Å². The van der Waals surface area contributed by atoms with Gasteiger partial charge in [-0.3, -0.25) is 14.5 Å². The average Bonchev–Trinajstić information content (AvgIpc) is 2.59. The van der Waals surface area contributed by atoms with Gasteiger partial charge < -0.3 is 5.32 Å². The molecule has 2 unspecified atom stereocenters. The summed E-state index contributed by atoms with van der Waals surface area (Å²) in [6.07, 6.45) is 1.69. The first-order valence-electron chi connectivity index (χ1n) is 6.59. The molecule has 1 N–H and O–H groups in total. The van der Waals surface area contributed by atoms with E-state index in [4.69, 9.17) is 0 Å². The highest BCUT2D eigenvalue weighted by molar-refractivity contribution is 6.04. The Bertz CT molecular complexity index is 481. The van der Waals surface area contributed by atoms with Gasteiger partial charge in [-0.25, -0.2) is 4.98 Å². The van der Waals surface area contributed by atoms with Crippen molar-refractivity contribution in [3.8, 4) is 0 Å². The van der Waals surface area contributed by atoms with Crippen molar-refractivity contribution in [2.24, 2.45) is 11.8 Å². The Kier molecular flexibility index (Phi) is 3.83. The number of aromatic nitrogens is 1. The average molecular weight is 261 g/mol. The maximum Gasteiger partial charge on any atom is 0.233 e. The minimum absolute atomic E-state index is 0.0937. The van der Waals surface area contributed by atoms with Crippen molar-refractivity contribution in [2.75, 3.05) is 11.9 Å². The molecule has 0 radical (unpaired) electrons. The Morgan fingerprint density at radius 1 is 1.26 bits per heavy atom. The molecule has 1 saturated heterocycles. The van der Waals surface area contributed by atoms with Crippen LogP contribution in [0.5, 0.6) is 0 Å². The normalized spacial score (nSPS) is 23.0. The van der Waals surface area contributed by atoms with Gasteiger partial charge in [-0.2, -0.15) is 0 Å². The van der Waals surface area contributed by atoms with E-state index in [2.05, 4.69) is 10.3 Å². The summed E-state index contributed by atoms with van der Waals surface area (Å²) in [7, 11) is 0. The van der Waals surface area contributed by atoms with Crippen LogP contribution < -0.4 is 5.32 Å². The first-order chi connectivity index (χ1) is 9.06. The van der Waals surface area contributed by atoms with E-state index in [1.165, 1.54) is 4.90 Å². The number of nitrogens with one attached hydrogen (secondary N) is 1. The van der Waals surface area contributed by atoms with Gasteiger partial charge >= 0.3 is 0 Å².